The third-order valence-electron chi connectivity index (χ3n) is 2.66. The Kier molecular flexibility index (Phi) is 4.78. The molecule has 106 valence electrons. The van der Waals surface area contributed by atoms with Crippen molar-refractivity contribution in [2.75, 3.05) is 11.9 Å². The van der Waals surface area contributed by atoms with E-state index in [1.807, 2.05) is 6.92 Å². The van der Waals surface area contributed by atoms with Gasteiger partial charge in [-0.1, -0.05) is 30.1 Å². The predicted molar refractivity (Wildman–Crippen MR) is 78.4 cm³/mol. The molecule has 0 atom stereocenters. The Morgan fingerprint density at radius 1 is 1.15 bits per heavy atom. The number of halogens is 4. The first-order chi connectivity index (χ1) is 9.52. The van der Waals surface area contributed by atoms with Crippen LogP contribution in [0.3, 0.4) is 0 Å². The number of nitrogens with one attached hydrogen (secondary N) is 1. The van der Waals surface area contributed by atoms with Gasteiger partial charge in [-0.25, -0.2) is 13.8 Å². The van der Waals surface area contributed by atoms with Crippen molar-refractivity contribution in [2.45, 2.75) is 13.3 Å². The van der Waals surface area contributed by atoms with Crippen molar-refractivity contribution in [2.24, 2.45) is 0 Å². The van der Waals surface area contributed by atoms with E-state index in [1.54, 1.807) is 0 Å². The molecule has 0 fully saturated rings. The van der Waals surface area contributed by atoms with Crippen LogP contribution in [0.5, 0.6) is 0 Å². The molecule has 1 N–H and O–H groups in total. The lowest BCUT2D eigenvalue weighted by Gasteiger charge is -2.11. The normalized spacial score (nSPS) is 10.7. The van der Waals surface area contributed by atoms with Gasteiger partial charge in [-0.2, -0.15) is 0 Å². The quantitative estimate of drug-likeness (QED) is 0.843. The number of benzene rings is 1. The minimum absolute atomic E-state index is 0.132. The molecule has 1 aromatic carbocycles. The Hall–Kier alpha value is -1.39. The fourth-order valence-corrected chi connectivity index (χ4v) is 2.23. The standard InChI is InChI=1S/C14H12Cl2F2N2/c1-2-5-19-14-11(16)7-10(15)13(20-14)9-4-3-8(17)6-12(9)18/h3-4,6-7H,2,5H2,1H3,(H,19,20). The molecule has 1 aromatic heterocycles. The summed E-state index contributed by atoms with van der Waals surface area (Å²) in [4.78, 5) is 4.23. The SMILES string of the molecule is CCCNc1nc(-c2ccc(F)cc2F)c(Cl)cc1Cl. The van der Waals surface area contributed by atoms with Crippen LogP contribution >= 0.6 is 23.2 Å². The number of aromatic nitrogens is 1. The van der Waals surface area contributed by atoms with E-state index in [-0.39, 0.29) is 16.3 Å². The van der Waals surface area contributed by atoms with Crippen LogP contribution in [-0.2, 0) is 0 Å². The van der Waals surface area contributed by atoms with Crippen LogP contribution in [0.2, 0.25) is 10.0 Å². The second-order valence-corrected chi connectivity index (χ2v) is 5.01. The molecule has 2 nitrogen and oxygen atoms in total. The zero-order chi connectivity index (χ0) is 14.7. The van der Waals surface area contributed by atoms with Gasteiger partial charge < -0.3 is 5.32 Å². The van der Waals surface area contributed by atoms with Gasteiger partial charge in [0, 0.05) is 18.2 Å². The number of hydrogen-bond acceptors (Lipinski definition) is 2. The van der Waals surface area contributed by atoms with E-state index < -0.39 is 11.6 Å². The van der Waals surface area contributed by atoms with Crippen molar-refractivity contribution in [3.63, 3.8) is 0 Å². The predicted octanol–water partition coefficient (Wildman–Crippen LogP) is 5.16. The third-order valence-corrected chi connectivity index (χ3v) is 3.23. The van der Waals surface area contributed by atoms with Crippen LogP contribution in [-0.4, -0.2) is 11.5 Å². The summed E-state index contributed by atoms with van der Waals surface area (Å²) >= 11 is 12.1. The van der Waals surface area contributed by atoms with Crippen LogP contribution in [0.4, 0.5) is 14.6 Å². The van der Waals surface area contributed by atoms with Gasteiger partial charge in [0.2, 0.25) is 0 Å². The second kappa shape index (κ2) is 6.37. The van der Waals surface area contributed by atoms with Crippen molar-refractivity contribution in [3.8, 4) is 11.3 Å². The molecule has 0 amide bonds. The molecule has 2 aromatic rings. The topological polar surface area (TPSA) is 24.9 Å². The largest absolute Gasteiger partial charge is 0.369 e. The Morgan fingerprint density at radius 2 is 1.90 bits per heavy atom. The minimum Gasteiger partial charge on any atom is -0.369 e. The van der Waals surface area contributed by atoms with Gasteiger partial charge in [0.05, 0.1) is 15.7 Å². The summed E-state index contributed by atoms with van der Waals surface area (Å²) in [6.45, 7) is 2.68. The van der Waals surface area contributed by atoms with E-state index in [0.29, 0.717) is 17.4 Å². The van der Waals surface area contributed by atoms with Gasteiger partial charge in [0.15, 0.2) is 0 Å². The maximum absolute atomic E-state index is 13.8. The van der Waals surface area contributed by atoms with Crippen LogP contribution in [0.15, 0.2) is 24.3 Å². The molecule has 0 aliphatic rings. The Labute approximate surface area is 125 Å². The van der Waals surface area contributed by atoms with Gasteiger partial charge in [-0.05, 0) is 24.6 Å². The lowest BCUT2D eigenvalue weighted by Crippen LogP contribution is -2.04. The summed E-state index contributed by atoms with van der Waals surface area (Å²) in [6, 6.07) is 4.74. The fraction of sp³-hybridized carbons (Fsp3) is 0.214. The maximum Gasteiger partial charge on any atom is 0.145 e. The zero-order valence-electron chi connectivity index (χ0n) is 10.7. The highest BCUT2D eigenvalue weighted by molar-refractivity contribution is 6.37. The van der Waals surface area contributed by atoms with E-state index in [1.165, 1.54) is 12.1 Å². The summed E-state index contributed by atoms with van der Waals surface area (Å²) in [7, 11) is 0. The molecular formula is C14H12Cl2F2N2. The highest BCUT2D eigenvalue weighted by Crippen LogP contribution is 2.33. The van der Waals surface area contributed by atoms with E-state index in [4.69, 9.17) is 23.2 Å². The first-order valence-electron chi connectivity index (χ1n) is 6.08. The molecule has 0 radical (unpaired) electrons. The third kappa shape index (κ3) is 3.19. The number of rotatable bonds is 4. The first-order valence-corrected chi connectivity index (χ1v) is 6.84. The minimum atomic E-state index is -0.719. The smallest absolute Gasteiger partial charge is 0.145 e. The van der Waals surface area contributed by atoms with E-state index in [9.17, 15) is 8.78 Å². The lowest BCUT2D eigenvalue weighted by molar-refractivity contribution is 0.585. The van der Waals surface area contributed by atoms with Crippen molar-refractivity contribution < 1.29 is 8.78 Å². The Balaban J connectivity index is 2.50. The van der Waals surface area contributed by atoms with E-state index >= 15 is 0 Å². The number of pyridine rings is 1. The van der Waals surface area contributed by atoms with Crippen LogP contribution in [0, 0.1) is 11.6 Å². The summed E-state index contributed by atoms with van der Waals surface area (Å²) < 4.78 is 26.8. The van der Waals surface area contributed by atoms with Crippen molar-refractivity contribution in [1.82, 2.24) is 4.98 Å². The molecule has 0 aliphatic heterocycles. The molecule has 0 aliphatic carbocycles. The highest BCUT2D eigenvalue weighted by atomic mass is 35.5. The first kappa shape index (κ1) is 15.0. The number of anilines is 1. The zero-order valence-corrected chi connectivity index (χ0v) is 12.2. The van der Waals surface area contributed by atoms with E-state index in [0.717, 1.165) is 18.6 Å². The van der Waals surface area contributed by atoms with Crippen LogP contribution in [0.1, 0.15) is 13.3 Å². The Morgan fingerprint density at radius 3 is 2.55 bits per heavy atom. The molecule has 0 saturated carbocycles. The molecular weight excluding hydrogens is 305 g/mol. The summed E-state index contributed by atoms with van der Waals surface area (Å²) in [5.74, 6) is -0.944. The molecule has 0 unspecified atom stereocenters. The van der Waals surface area contributed by atoms with Crippen molar-refractivity contribution >= 4 is 29.0 Å². The average molecular weight is 317 g/mol. The molecule has 2 rings (SSSR count). The van der Waals surface area contributed by atoms with Crippen molar-refractivity contribution in [3.05, 3.63) is 45.9 Å². The summed E-state index contributed by atoms with van der Waals surface area (Å²) in [6.07, 6.45) is 0.890. The van der Waals surface area contributed by atoms with Crippen LogP contribution < -0.4 is 5.32 Å². The number of hydrogen-bond donors (Lipinski definition) is 1. The summed E-state index contributed by atoms with van der Waals surface area (Å²) in [5, 5.41) is 3.60. The monoisotopic (exact) mass is 316 g/mol. The molecule has 6 heteroatoms. The van der Waals surface area contributed by atoms with Gasteiger partial charge in [0.25, 0.3) is 0 Å². The van der Waals surface area contributed by atoms with Crippen molar-refractivity contribution in [1.29, 1.82) is 0 Å². The molecule has 0 bridgehead atoms. The lowest BCUT2D eigenvalue weighted by atomic mass is 10.1. The maximum atomic E-state index is 13.8. The summed E-state index contributed by atoms with van der Waals surface area (Å²) in [5.41, 5.74) is 0.361. The average Bonchev–Trinajstić information content (AvgIpc) is 2.39. The van der Waals surface area contributed by atoms with Gasteiger partial charge in [-0.3, -0.25) is 0 Å². The van der Waals surface area contributed by atoms with Gasteiger partial charge in [0.1, 0.15) is 17.5 Å². The van der Waals surface area contributed by atoms with Gasteiger partial charge >= 0.3 is 0 Å². The van der Waals surface area contributed by atoms with Gasteiger partial charge in [-0.15, -0.1) is 0 Å². The molecule has 20 heavy (non-hydrogen) atoms. The van der Waals surface area contributed by atoms with E-state index in [2.05, 4.69) is 10.3 Å². The molecule has 0 spiro atoms. The second-order valence-electron chi connectivity index (χ2n) is 4.20. The van der Waals surface area contributed by atoms with Crippen LogP contribution in [0.25, 0.3) is 11.3 Å². The molecule has 0 saturated heterocycles. The highest BCUT2D eigenvalue weighted by Gasteiger charge is 2.14. The fourth-order valence-electron chi connectivity index (χ4n) is 1.70. The number of nitrogens with zero attached hydrogens (tertiary/aromatic N) is 1. The Bertz CT molecular complexity index is 633. The molecule has 1 heterocycles.